The molecule has 1 unspecified atom stereocenters. The monoisotopic (exact) mass is 220 g/mol. The highest BCUT2D eigenvalue weighted by molar-refractivity contribution is 5.44. The first-order chi connectivity index (χ1) is 7.61. The molecule has 0 spiro atoms. The second-order valence-electron chi connectivity index (χ2n) is 4.83. The van der Waals surface area contributed by atoms with Crippen LogP contribution in [0.25, 0.3) is 0 Å². The Bertz CT molecular complexity index is 290. The molecule has 2 heteroatoms. The maximum atomic E-state index is 3.46. The summed E-state index contributed by atoms with van der Waals surface area (Å²) in [5, 5.41) is 3.46. The fraction of sp³-hybridized carbons (Fsp3) is 0.571. The largest absolute Gasteiger partial charge is 0.385 e. The van der Waals surface area contributed by atoms with Crippen molar-refractivity contribution in [3.8, 4) is 0 Å². The van der Waals surface area contributed by atoms with E-state index in [2.05, 4.69) is 62.4 Å². The van der Waals surface area contributed by atoms with Gasteiger partial charge in [-0.1, -0.05) is 32.4 Å². The Kier molecular flexibility index (Phi) is 5.33. The van der Waals surface area contributed by atoms with E-state index in [9.17, 15) is 0 Å². The molecule has 0 bridgehead atoms. The van der Waals surface area contributed by atoms with Crippen LogP contribution in [0, 0.1) is 5.92 Å². The van der Waals surface area contributed by atoms with Crippen molar-refractivity contribution < 1.29 is 0 Å². The summed E-state index contributed by atoms with van der Waals surface area (Å²) in [6, 6.07) is 8.72. The number of rotatable bonds is 6. The van der Waals surface area contributed by atoms with Crippen LogP contribution in [0.2, 0.25) is 0 Å². The third kappa shape index (κ3) is 4.67. The van der Waals surface area contributed by atoms with Gasteiger partial charge in [0.25, 0.3) is 0 Å². The average molecular weight is 220 g/mol. The van der Waals surface area contributed by atoms with E-state index < -0.39 is 0 Å². The van der Waals surface area contributed by atoms with Gasteiger partial charge in [0.2, 0.25) is 0 Å². The van der Waals surface area contributed by atoms with Crippen LogP contribution >= 0.6 is 0 Å². The molecule has 0 saturated carbocycles. The molecule has 1 rings (SSSR count). The SMILES string of the molecule is CCC(C)CNc1ccc(CN(C)C)cc1. The van der Waals surface area contributed by atoms with Crippen molar-refractivity contribution in [2.75, 3.05) is 26.0 Å². The zero-order chi connectivity index (χ0) is 12.0. The van der Waals surface area contributed by atoms with Crippen LogP contribution in [0.15, 0.2) is 24.3 Å². The van der Waals surface area contributed by atoms with Gasteiger partial charge in [-0.05, 0) is 37.7 Å². The smallest absolute Gasteiger partial charge is 0.0340 e. The average Bonchev–Trinajstić information content (AvgIpc) is 2.27. The highest BCUT2D eigenvalue weighted by atomic mass is 15.0. The molecular weight excluding hydrogens is 196 g/mol. The van der Waals surface area contributed by atoms with Gasteiger partial charge in [-0.15, -0.1) is 0 Å². The Balaban J connectivity index is 2.45. The minimum Gasteiger partial charge on any atom is -0.385 e. The second kappa shape index (κ2) is 6.54. The summed E-state index contributed by atoms with van der Waals surface area (Å²) >= 11 is 0. The lowest BCUT2D eigenvalue weighted by Crippen LogP contribution is -2.11. The Morgan fingerprint density at radius 3 is 2.31 bits per heavy atom. The van der Waals surface area contributed by atoms with Crippen molar-refractivity contribution >= 4 is 5.69 Å². The van der Waals surface area contributed by atoms with E-state index in [1.165, 1.54) is 17.7 Å². The molecule has 0 aliphatic heterocycles. The van der Waals surface area contributed by atoms with Gasteiger partial charge in [-0.2, -0.15) is 0 Å². The fourth-order valence-corrected chi connectivity index (χ4v) is 1.53. The Morgan fingerprint density at radius 2 is 1.81 bits per heavy atom. The number of hydrogen-bond acceptors (Lipinski definition) is 2. The van der Waals surface area contributed by atoms with Gasteiger partial charge in [0, 0.05) is 18.8 Å². The van der Waals surface area contributed by atoms with Crippen LogP contribution in [0.4, 0.5) is 5.69 Å². The van der Waals surface area contributed by atoms with Gasteiger partial charge in [-0.25, -0.2) is 0 Å². The normalized spacial score (nSPS) is 12.8. The summed E-state index contributed by atoms with van der Waals surface area (Å²) in [4.78, 5) is 2.18. The molecule has 1 aromatic rings. The third-order valence-electron chi connectivity index (χ3n) is 2.80. The summed E-state index contributed by atoms with van der Waals surface area (Å²) < 4.78 is 0. The number of anilines is 1. The van der Waals surface area contributed by atoms with Crippen molar-refractivity contribution in [1.82, 2.24) is 4.90 Å². The van der Waals surface area contributed by atoms with Gasteiger partial charge in [0.1, 0.15) is 0 Å². The number of hydrogen-bond donors (Lipinski definition) is 1. The molecule has 1 aromatic carbocycles. The first kappa shape index (κ1) is 13.0. The molecule has 90 valence electrons. The highest BCUT2D eigenvalue weighted by Crippen LogP contribution is 2.11. The van der Waals surface area contributed by atoms with Crippen molar-refractivity contribution in [2.24, 2.45) is 5.92 Å². The predicted octanol–water partition coefficient (Wildman–Crippen LogP) is 3.21. The van der Waals surface area contributed by atoms with Crippen LogP contribution in [0.1, 0.15) is 25.8 Å². The minimum atomic E-state index is 0.737. The lowest BCUT2D eigenvalue weighted by atomic mass is 10.1. The molecule has 0 aromatic heterocycles. The van der Waals surface area contributed by atoms with E-state index in [1.807, 2.05) is 0 Å². The molecule has 1 atom stereocenters. The first-order valence-electron chi connectivity index (χ1n) is 6.09. The number of nitrogens with one attached hydrogen (secondary N) is 1. The van der Waals surface area contributed by atoms with Crippen LogP contribution in [-0.4, -0.2) is 25.5 Å². The number of nitrogens with zero attached hydrogens (tertiary/aromatic N) is 1. The molecule has 0 radical (unpaired) electrons. The standard InChI is InChI=1S/C14H24N2/c1-5-12(2)10-15-14-8-6-13(7-9-14)11-16(3)4/h6-9,12,15H,5,10-11H2,1-4H3. The van der Waals surface area contributed by atoms with Gasteiger partial charge in [0.15, 0.2) is 0 Å². The molecular formula is C14H24N2. The lowest BCUT2D eigenvalue weighted by molar-refractivity contribution is 0.402. The third-order valence-corrected chi connectivity index (χ3v) is 2.80. The van der Waals surface area contributed by atoms with E-state index in [0.717, 1.165) is 19.0 Å². The van der Waals surface area contributed by atoms with E-state index >= 15 is 0 Å². The highest BCUT2D eigenvalue weighted by Gasteiger charge is 1.99. The summed E-state index contributed by atoms with van der Waals surface area (Å²) in [5.74, 6) is 0.737. The Hall–Kier alpha value is -1.02. The zero-order valence-electron chi connectivity index (χ0n) is 11.0. The van der Waals surface area contributed by atoms with Crippen molar-refractivity contribution in [1.29, 1.82) is 0 Å². The van der Waals surface area contributed by atoms with E-state index in [4.69, 9.17) is 0 Å². The molecule has 0 aliphatic carbocycles. The molecule has 0 saturated heterocycles. The molecule has 16 heavy (non-hydrogen) atoms. The summed E-state index contributed by atoms with van der Waals surface area (Å²) in [6.07, 6.45) is 1.23. The topological polar surface area (TPSA) is 15.3 Å². The van der Waals surface area contributed by atoms with Crippen LogP contribution in [-0.2, 0) is 6.54 Å². The Labute approximate surface area is 99.7 Å². The molecule has 0 amide bonds. The molecule has 1 N–H and O–H groups in total. The molecule has 2 nitrogen and oxygen atoms in total. The van der Waals surface area contributed by atoms with Gasteiger partial charge >= 0.3 is 0 Å². The molecule has 0 fully saturated rings. The van der Waals surface area contributed by atoms with E-state index in [0.29, 0.717) is 0 Å². The summed E-state index contributed by atoms with van der Waals surface area (Å²) in [5.41, 5.74) is 2.59. The molecule has 0 heterocycles. The summed E-state index contributed by atoms with van der Waals surface area (Å²) in [6.45, 7) is 6.56. The van der Waals surface area contributed by atoms with Crippen molar-refractivity contribution in [2.45, 2.75) is 26.8 Å². The maximum absolute atomic E-state index is 3.46. The predicted molar refractivity (Wildman–Crippen MR) is 71.8 cm³/mol. The van der Waals surface area contributed by atoms with Crippen LogP contribution in [0.5, 0.6) is 0 Å². The fourth-order valence-electron chi connectivity index (χ4n) is 1.53. The first-order valence-corrected chi connectivity index (χ1v) is 6.09. The lowest BCUT2D eigenvalue weighted by Gasteiger charge is -2.13. The molecule has 0 aliphatic rings. The van der Waals surface area contributed by atoms with Gasteiger partial charge in [-0.3, -0.25) is 0 Å². The zero-order valence-corrected chi connectivity index (χ0v) is 11.0. The van der Waals surface area contributed by atoms with Crippen LogP contribution in [0.3, 0.4) is 0 Å². The quantitative estimate of drug-likeness (QED) is 0.792. The number of benzene rings is 1. The summed E-state index contributed by atoms with van der Waals surface area (Å²) in [7, 11) is 4.18. The van der Waals surface area contributed by atoms with Gasteiger partial charge < -0.3 is 10.2 Å². The Morgan fingerprint density at radius 1 is 1.19 bits per heavy atom. The second-order valence-corrected chi connectivity index (χ2v) is 4.83. The minimum absolute atomic E-state index is 0.737. The van der Waals surface area contributed by atoms with Crippen LogP contribution < -0.4 is 5.32 Å². The van der Waals surface area contributed by atoms with Crippen molar-refractivity contribution in [3.05, 3.63) is 29.8 Å². The van der Waals surface area contributed by atoms with Crippen molar-refractivity contribution in [3.63, 3.8) is 0 Å². The van der Waals surface area contributed by atoms with E-state index in [-0.39, 0.29) is 0 Å². The van der Waals surface area contributed by atoms with E-state index in [1.54, 1.807) is 0 Å². The van der Waals surface area contributed by atoms with Gasteiger partial charge in [0.05, 0.1) is 0 Å². The maximum Gasteiger partial charge on any atom is 0.0340 e.